The third-order valence-electron chi connectivity index (χ3n) is 4.42. The van der Waals surface area contributed by atoms with Gasteiger partial charge in [0.05, 0.1) is 22.5 Å². The van der Waals surface area contributed by atoms with E-state index in [-0.39, 0.29) is 46.5 Å². The van der Waals surface area contributed by atoms with E-state index in [1.54, 1.807) is 0 Å². The molecule has 12 nitrogen and oxygen atoms in total. The Kier molecular flexibility index (Phi) is 10.1. The Morgan fingerprint density at radius 2 is 1.71 bits per heavy atom. The summed E-state index contributed by atoms with van der Waals surface area (Å²) in [6, 6.07) is 3.72. The van der Waals surface area contributed by atoms with Gasteiger partial charge in [-0.25, -0.2) is 13.2 Å². The fourth-order valence-corrected chi connectivity index (χ4v) is 3.43. The van der Waals surface area contributed by atoms with Gasteiger partial charge in [-0.1, -0.05) is 0 Å². The summed E-state index contributed by atoms with van der Waals surface area (Å²) in [6.45, 7) is 0.998. The zero-order valence-corrected chi connectivity index (χ0v) is 19.4. The zero-order chi connectivity index (χ0) is 22.8. The number of aliphatic hydroxyl groups is 5. The topological polar surface area (TPSA) is 218 Å². The van der Waals surface area contributed by atoms with Crippen LogP contribution in [0.25, 0.3) is 11.0 Å². The maximum atomic E-state index is 11.3. The first-order valence-electron chi connectivity index (χ1n) is 8.53. The molecule has 0 saturated carbocycles. The predicted octanol–water partition coefficient (Wildman–Crippen LogP) is -5.37. The van der Waals surface area contributed by atoms with Crippen molar-refractivity contribution in [1.82, 2.24) is 0 Å². The monoisotopic (exact) mass is 472 g/mol. The Hall–Kier alpha value is -1.10. The fraction of sp³-hybridized carbons (Fsp3) is 0.471. The molecule has 0 bridgehead atoms. The van der Waals surface area contributed by atoms with Crippen LogP contribution in [0, 0.1) is 6.92 Å². The average molecular weight is 472 g/mol. The Labute approximate surface area is 198 Å². The van der Waals surface area contributed by atoms with Crippen LogP contribution in [0.5, 0.6) is 5.75 Å². The molecule has 1 aliphatic heterocycles. The van der Waals surface area contributed by atoms with Crippen molar-refractivity contribution in [3.05, 3.63) is 39.7 Å². The molecule has 0 spiro atoms. The van der Waals surface area contributed by atoms with Crippen LogP contribution in [0.3, 0.4) is 0 Å². The minimum atomic E-state index is -4.50. The minimum Gasteiger partial charge on any atom is -0.748 e. The number of aromatic hydroxyl groups is 1. The normalized spacial score (nSPS) is 26.0. The van der Waals surface area contributed by atoms with Gasteiger partial charge in [0, 0.05) is 17.0 Å². The first kappa shape index (κ1) is 27.9. The van der Waals surface area contributed by atoms with E-state index in [9.17, 15) is 22.9 Å². The summed E-state index contributed by atoms with van der Waals surface area (Å²) < 4.78 is 41.8. The van der Waals surface area contributed by atoms with Gasteiger partial charge in [0.15, 0.2) is 6.29 Å². The molecule has 14 heteroatoms. The number of aryl methyl sites for hydroxylation is 1. The predicted molar refractivity (Wildman–Crippen MR) is 98.3 cm³/mol. The van der Waals surface area contributed by atoms with Gasteiger partial charge in [-0.3, -0.25) is 0 Å². The van der Waals surface area contributed by atoms with Crippen molar-refractivity contribution in [2.24, 2.45) is 0 Å². The SMILES string of the molecule is Cc1c(O)ccc2c(CS(=O)(=O)[O-])cc(=O)oc12.OC[C@H]1O[C@@H](O)[C@H](O)[C@@H](O)[C@H]1O.[Na+]. The average Bonchev–Trinajstić information content (AvgIpc) is 2.65. The Balaban J connectivity index is 0.000000324. The molecule has 2 aromatic rings. The van der Waals surface area contributed by atoms with Crippen LogP contribution >= 0.6 is 0 Å². The van der Waals surface area contributed by atoms with Gasteiger partial charge < -0.3 is 44.3 Å². The molecule has 1 fully saturated rings. The second-order valence-corrected chi connectivity index (χ2v) is 8.00. The molecular weight excluding hydrogens is 451 g/mol. The van der Waals surface area contributed by atoms with Crippen molar-refractivity contribution in [2.75, 3.05) is 6.61 Å². The third-order valence-corrected chi connectivity index (χ3v) is 5.08. The number of benzene rings is 1. The van der Waals surface area contributed by atoms with Crippen molar-refractivity contribution in [2.45, 2.75) is 43.4 Å². The number of rotatable bonds is 3. The molecule has 1 aromatic carbocycles. The maximum absolute atomic E-state index is 11.3. The first-order chi connectivity index (χ1) is 13.9. The molecule has 31 heavy (non-hydrogen) atoms. The van der Waals surface area contributed by atoms with Gasteiger partial charge in [0.25, 0.3) is 0 Å². The minimum absolute atomic E-state index is 0. The molecule has 6 N–H and O–H groups in total. The van der Waals surface area contributed by atoms with E-state index in [4.69, 9.17) is 29.9 Å². The molecule has 1 aliphatic rings. The van der Waals surface area contributed by atoms with E-state index < -0.39 is 58.8 Å². The number of phenolic OH excluding ortho intramolecular Hbond substituents is 1. The standard InChI is InChI=1S/C11H10O6S.C6H12O6.Na/c1-6-9(12)3-2-8-7(5-18(14,15)16)4-10(13)17-11(6)8;7-1-2-3(8)4(9)5(10)6(11)12-2;/h2-4,12H,5H2,1H3,(H,14,15,16);2-11H,1H2;/q;;+1/p-1/t;2-,3+,4+,5-,6-;/m.1./s1. The van der Waals surface area contributed by atoms with Gasteiger partial charge in [0.2, 0.25) is 0 Å². The number of hydrogen-bond donors (Lipinski definition) is 6. The van der Waals surface area contributed by atoms with Gasteiger partial charge in [-0.15, -0.1) is 0 Å². The van der Waals surface area contributed by atoms with Crippen molar-refractivity contribution in [3.8, 4) is 5.75 Å². The van der Waals surface area contributed by atoms with E-state index in [1.165, 1.54) is 19.1 Å². The third kappa shape index (κ3) is 6.94. The summed E-state index contributed by atoms with van der Waals surface area (Å²) >= 11 is 0. The van der Waals surface area contributed by atoms with Gasteiger partial charge in [-0.05, 0) is 24.6 Å². The smallest absolute Gasteiger partial charge is 0.748 e. The molecule has 1 aromatic heterocycles. The van der Waals surface area contributed by atoms with E-state index >= 15 is 0 Å². The number of phenols is 1. The number of hydrogen-bond acceptors (Lipinski definition) is 12. The summed E-state index contributed by atoms with van der Waals surface area (Å²) in [5, 5.41) is 54.5. The summed E-state index contributed by atoms with van der Waals surface area (Å²) in [6.07, 6.45) is -7.04. The summed E-state index contributed by atoms with van der Waals surface area (Å²) in [5.41, 5.74) is -0.301. The van der Waals surface area contributed by atoms with Crippen LogP contribution in [-0.4, -0.2) is 80.9 Å². The molecule has 0 radical (unpaired) electrons. The Morgan fingerprint density at radius 3 is 2.26 bits per heavy atom. The Morgan fingerprint density at radius 1 is 1.10 bits per heavy atom. The van der Waals surface area contributed by atoms with E-state index in [0.717, 1.165) is 6.07 Å². The second-order valence-electron chi connectivity index (χ2n) is 6.60. The largest absolute Gasteiger partial charge is 1.00 e. The van der Waals surface area contributed by atoms with Crippen LogP contribution in [0.4, 0.5) is 0 Å². The molecule has 1 saturated heterocycles. The molecule has 3 rings (SSSR count). The van der Waals surface area contributed by atoms with Crippen molar-refractivity contribution in [3.63, 3.8) is 0 Å². The second kappa shape index (κ2) is 11.2. The van der Waals surface area contributed by atoms with Gasteiger partial charge >= 0.3 is 35.2 Å². The van der Waals surface area contributed by atoms with Crippen LogP contribution in [0.2, 0.25) is 0 Å². The van der Waals surface area contributed by atoms with Crippen molar-refractivity contribution >= 4 is 21.1 Å². The molecule has 0 amide bonds. The number of aliphatic hydroxyl groups excluding tert-OH is 5. The maximum Gasteiger partial charge on any atom is 1.00 e. The summed E-state index contributed by atoms with van der Waals surface area (Å²) in [4.78, 5) is 11.3. The first-order valence-corrected chi connectivity index (χ1v) is 10.1. The fourth-order valence-electron chi connectivity index (χ4n) is 2.81. The van der Waals surface area contributed by atoms with Gasteiger partial charge in [-0.2, -0.15) is 0 Å². The van der Waals surface area contributed by atoms with Crippen LogP contribution in [0.1, 0.15) is 11.1 Å². The molecular formula is C17H21NaO12S. The number of ether oxygens (including phenoxy) is 1. The molecule has 168 valence electrons. The van der Waals surface area contributed by atoms with E-state index in [2.05, 4.69) is 4.74 Å². The van der Waals surface area contributed by atoms with Crippen LogP contribution in [0.15, 0.2) is 27.4 Å². The van der Waals surface area contributed by atoms with Crippen molar-refractivity contribution < 1.29 is 82.3 Å². The van der Waals surface area contributed by atoms with E-state index in [1.807, 2.05) is 0 Å². The molecule has 0 unspecified atom stereocenters. The summed E-state index contributed by atoms with van der Waals surface area (Å²) in [7, 11) is -4.50. The van der Waals surface area contributed by atoms with Crippen molar-refractivity contribution in [1.29, 1.82) is 0 Å². The zero-order valence-electron chi connectivity index (χ0n) is 16.6. The molecule has 2 heterocycles. The van der Waals surface area contributed by atoms with E-state index in [0.29, 0.717) is 10.9 Å². The molecule has 5 atom stereocenters. The van der Waals surface area contributed by atoms with Gasteiger partial charge in [0.1, 0.15) is 35.7 Å². The number of fused-ring (bicyclic) bond motifs is 1. The quantitative estimate of drug-likeness (QED) is 0.140. The Bertz CT molecular complexity index is 1050. The summed E-state index contributed by atoms with van der Waals surface area (Å²) in [5.74, 6) is -0.868. The van der Waals surface area contributed by atoms with Crippen LogP contribution in [-0.2, 0) is 20.6 Å². The van der Waals surface area contributed by atoms with Crippen LogP contribution < -0.4 is 35.2 Å². The molecule has 0 aliphatic carbocycles.